The topological polar surface area (TPSA) is 61.5 Å². The van der Waals surface area contributed by atoms with Gasteiger partial charge in [0, 0.05) is 6.42 Å². The highest BCUT2D eigenvalue weighted by atomic mass is 79.9. The van der Waals surface area contributed by atoms with Crippen LogP contribution in [0.25, 0.3) is 0 Å². The summed E-state index contributed by atoms with van der Waals surface area (Å²) in [6.45, 7) is 4.90. The lowest BCUT2D eigenvalue weighted by molar-refractivity contribution is 0.0958. The zero-order valence-electron chi connectivity index (χ0n) is 13.2. The lowest BCUT2D eigenvalue weighted by Crippen LogP contribution is -2.18. The molecule has 1 aromatic carbocycles. The summed E-state index contributed by atoms with van der Waals surface area (Å²) >= 11 is 3.42. The Labute approximate surface area is 135 Å². The van der Waals surface area contributed by atoms with Crippen LogP contribution < -0.4 is 15.2 Å². The number of Topliss-reactive ketones (excluding diaryl/α,β-unsaturated/α-hetero) is 1. The molecule has 118 valence electrons. The molecule has 4 nitrogen and oxygen atoms in total. The minimum Gasteiger partial charge on any atom is -0.495 e. The largest absolute Gasteiger partial charge is 0.495 e. The third-order valence-electron chi connectivity index (χ3n) is 3.64. The third-order valence-corrected chi connectivity index (χ3v) is 4.39. The Morgan fingerprint density at radius 2 is 1.90 bits per heavy atom. The van der Waals surface area contributed by atoms with Gasteiger partial charge >= 0.3 is 0 Å². The molecule has 0 bridgehead atoms. The summed E-state index contributed by atoms with van der Waals surface area (Å²) in [5.74, 6) is 1.24. The van der Waals surface area contributed by atoms with Gasteiger partial charge in [0.2, 0.25) is 0 Å². The van der Waals surface area contributed by atoms with E-state index in [1.807, 2.05) is 0 Å². The predicted molar refractivity (Wildman–Crippen MR) is 88.3 cm³/mol. The van der Waals surface area contributed by atoms with Crippen molar-refractivity contribution in [1.29, 1.82) is 0 Å². The summed E-state index contributed by atoms with van der Waals surface area (Å²) in [6.07, 6.45) is 2.18. The molecule has 0 aliphatic rings. The molecule has 0 aliphatic heterocycles. The normalized spacial score (nSPS) is 11.3. The number of nitrogens with two attached hydrogens (primary N) is 1. The van der Waals surface area contributed by atoms with Crippen LogP contribution in [-0.4, -0.2) is 26.5 Å². The van der Waals surface area contributed by atoms with Gasteiger partial charge < -0.3 is 15.2 Å². The number of methoxy groups -OCH3 is 2. The molecule has 0 heterocycles. The first kappa shape index (κ1) is 18.0. The molecule has 0 radical (unpaired) electrons. The Bertz CT molecular complexity index is 501. The van der Waals surface area contributed by atoms with Crippen molar-refractivity contribution >= 4 is 21.7 Å². The van der Waals surface area contributed by atoms with Gasteiger partial charge in [0.1, 0.15) is 16.0 Å². The smallest absolute Gasteiger partial charge is 0.166 e. The zero-order valence-corrected chi connectivity index (χ0v) is 14.7. The standard InChI is InChI=1S/C16H24BrNO3/c1-16(2,9-10-18)8-7-12(19)11-5-6-13(20-3)14(17)15(11)21-4/h5-6H,7-10,18H2,1-4H3. The maximum atomic E-state index is 12.5. The van der Waals surface area contributed by atoms with Crippen molar-refractivity contribution in [1.82, 2.24) is 0 Å². The second-order valence-electron chi connectivity index (χ2n) is 5.79. The fraction of sp³-hybridized carbons (Fsp3) is 0.562. The van der Waals surface area contributed by atoms with Crippen molar-refractivity contribution in [3.05, 3.63) is 22.2 Å². The molecule has 1 aromatic rings. The Hall–Kier alpha value is -1.07. The highest BCUT2D eigenvalue weighted by Crippen LogP contribution is 2.38. The molecule has 0 aromatic heterocycles. The molecule has 0 spiro atoms. The molecule has 2 N–H and O–H groups in total. The van der Waals surface area contributed by atoms with E-state index in [-0.39, 0.29) is 11.2 Å². The summed E-state index contributed by atoms with van der Waals surface area (Å²) < 4.78 is 11.2. The maximum absolute atomic E-state index is 12.5. The van der Waals surface area contributed by atoms with Gasteiger partial charge in [-0.1, -0.05) is 13.8 Å². The lowest BCUT2D eigenvalue weighted by Gasteiger charge is -2.23. The molecule has 0 saturated heterocycles. The van der Waals surface area contributed by atoms with Crippen LogP contribution in [0.2, 0.25) is 0 Å². The van der Waals surface area contributed by atoms with Gasteiger partial charge in [0.25, 0.3) is 0 Å². The van der Waals surface area contributed by atoms with Crippen LogP contribution in [0.3, 0.4) is 0 Å². The molecule has 0 saturated carbocycles. The Morgan fingerprint density at radius 1 is 1.24 bits per heavy atom. The van der Waals surface area contributed by atoms with Crippen molar-refractivity contribution in [3.63, 3.8) is 0 Å². The van der Waals surface area contributed by atoms with Crippen LogP contribution >= 0.6 is 15.9 Å². The van der Waals surface area contributed by atoms with E-state index in [0.29, 0.717) is 34.5 Å². The zero-order chi connectivity index (χ0) is 16.0. The van der Waals surface area contributed by atoms with Gasteiger partial charge in [-0.15, -0.1) is 0 Å². The average Bonchev–Trinajstić information content (AvgIpc) is 2.44. The molecule has 0 atom stereocenters. The molecular formula is C16H24BrNO3. The maximum Gasteiger partial charge on any atom is 0.166 e. The van der Waals surface area contributed by atoms with Crippen molar-refractivity contribution in [2.24, 2.45) is 11.1 Å². The number of benzene rings is 1. The lowest BCUT2D eigenvalue weighted by atomic mass is 9.83. The van der Waals surface area contributed by atoms with E-state index in [0.717, 1.165) is 12.8 Å². The van der Waals surface area contributed by atoms with Gasteiger partial charge in [-0.05, 0) is 52.9 Å². The number of ether oxygens (including phenoxy) is 2. The van der Waals surface area contributed by atoms with Crippen LogP contribution in [0, 0.1) is 5.41 Å². The van der Waals surface area contributed by atoms with Crippen LogP contribution in [-0.2, 0) is 0 Å². The van der Waals surface area contributed by atoms with Crippen LogP contribution in [0.4, 0.5) is 0 Å². The van der Waals surface area contributed by atoms with Crippen molar-refractivity contribution in [3.8, 4) is 11.5 Å². The summed E-state index contributed by atoms with van der Waals surface area (Å²) in [6, 6.07) is 3.52. The van der Waals surface area contributed by atoms with Gasteiger partial charge in [-0.25, -0.2) is 0 Å². The number of rotatable bonds is 8. The number of hydrogen-bond acceptors (Lipinski definition) is 4. The third kappa shape index (κ3) is 4.71. The fourth-order valence-electron chi connectivity index (χ4n) is 2.22. The summed E-state index contributed by atoms with van der Waals surface area (Å²) in [7, 11) is 3.13. The van der Waals surface area contributed by atoms with Gasteiger partial charge in [0.05, 0.1) is 19.8 Å². The number of hydrogen-bond donors (Lipinski definition) is 1. The van der Waals surface area contributed by atoms with Crippen molar-refractivity contribution < 1.29 is 14.3 Å². The molecule has 5 heteroatoms. The minimum atomic E-state index is 0.0697. The monoisotopic (exact) mass is 357 g/mol. The summed E-state index contributed by atoms with van der Waals surface area (Å²) in [5, 5.41) is 0. The van der Waals surface area contributed by atoms with Crippen molar-refractivity contribution in [2.75, 3.05) is 20.8 Å². The number of carbonyl (C=O) groups excluding carboxylic acids is 1. The fourth-order valence-corrected chi connectivity index (χ4v) is 2.89. The molecule has 0 amide bonds. The van der Waals surface area contributed by atoms with Gasteiger partial charge in [-0.2, -0.15) is 0 Å². The molecule has 1 rings (SSSR count). The Balaban J connectivity index is 2.90. The Morgan fingerprint density at radius 3 is 2.43 bits per heavy atom. The first-order chi connectivity index (χ1) is 9.86. The second kappa shape index (κ2) is 7.80. The molecule has 21 heavy (non-hydrogen) atoms. The minimum absolute atomic E-state index is 0.0697. The van der Waals surface area contributed by atoms with E-state index in [1.54, 1.807) is 26.4 Å². The molecule has 0 unspecified atom stereocenters. The van der Waals surface area contributed by atoms with E-state index in [1.165, 1.54) is 0 Å². The SMILES string of the molecule is COc1ccc(C(=O)CCC(C)(C)CCN)c(OC)c1Br. The molecular weight excluding hydrogens is 334 g/mol. The highest BCUT2D eigenvalue weighted by molar-refractivity contribution is 9.10. The first-order valence-electron chi connectivity index (χ1n) is 7.00. The van der Waals surface area contributed by atoms with E-state index in [9.17, 15) is 4.79 Å². The van der Waals surface area contributed by atoms with Crippen molar-refractivity contribution in [2.45, 2.75) is 33.1 Å². The quantitative estimate of drug-likeness (QED) is 0.718. The number of carbonyl (C=O) groups is 1. The van der Waals surface area contributed by atoms with E-state index >= 15 is 0 Å². The van der Waals surface area contributed by atoms with Crippen LogP contribution in [0.15, 0.2) is 16.6 Å². The number of ketones is 1. The van der Waals surface area contributed by atoms with Gasteiger partial charge in [0.15, 0.2) is 5.78 Å². The van der Waals surface area contributed by atoms with Crippen LogP contribution in [0.1, 0.15) is 43.5 Å². The number of halogens is 1. The average molecular weight is 358 g/mol. The van der Waals surface area contributed by atoms with E-state index < -0.39 is 0 Å². The van der Waals surface area contributed by atoms with Gasteiger partial charge in [-0.3, -0.25) is 4.79 Å². The predicted octanol–water partition coefficient (Wildman–Crippen LogP) is 3.80. The van der Waals surface area contributed by atoms with E-state index in [4.69, 9.17) is 15.2 Å². The second-order valence-corrected chi connectivity index (χ2v) is 6.58. The highest BCUT2D eigenvalue weighted by Gasteiger charge is 2.22. The molecule has 0 aliphatic carbocycles. The Kier molecular flexibility index (Phi) is 6.68. The molecule has 0 fully saturated rings. The summed E-state index contributed by atoms with van der Waals surface area (Å²) in [5.41, 5.74) is 6.25. The first-order valence-corrected chi connectivity index (χ1v) is 7.79. The van der Waals surface area contributed by atoms with E-state index in [2.05, 4.69) is 29.8 Å². The van der Waals surface area contributed by atoms with Crippen LogP contribution in [0.5, 0.6) is 11.5 Å². The summed E-state index contributed by atoms with van der Waals surface area (Å²) in [4.78, 5) is 12.5.